The zero-order chi connectivity index (χ0) is 23.5. The molecule has 1 saturated heterocycles. The molecule has 0 saturated carbocycles. The average Bonchev–Trinajstić information content (AvgIpc) is 3.46. The number of rotatable bonds is 7. The van der Waals surface area contributed by atoms with Crippen LogP contribution in [-0.4, -0.2) is 67.4 Å². The summed E-state index contributed by atoms with van der Waals surface area (Å²) in [5.41, 5.74) is 3.22. The van der Waals surface area contributed by atoms with Crippen molar-refractivity contribution < 1.29 is 4.74 Å². The normalized spacial score (nSPS) is 15.0. The monoisotopic (exact) mass is 493 g/mol. The van der Waals surface area contributed by atoms with Crippen LogP contribution in [0.15, 0.2) is 54.2 Å². The fraction of sp³-hybridized carbons (Fsp3) is 0.333. The number of pyridine rings is 1. The highest BCUT2D eigenvalue weighted by Crippen LogP contribution is 2.26. The molecule has 10 heteroatoms. The number of hydrogen-bond acceptors (Lipinski definition) is 8. The maximum absolute atomic E-state index is 5.64. The van der Waals surface area contributed by atoms with Gasteiger partial charge in [-0.3, -0.25) is 14.8 Å². The lowest BCUT2D eigenvalue weighted by Crippen LogP contribution is -2.46. The predicted molar refractivity (Wildman–Crippen MR) is 136 cm³/mol. The molecule has 1 fully saturated rings. The molecule has 1 aliphatic heterocycles. The fourth-order valence-corrected chi connectivity index (χ4v) is 5.08. The Kier molecular flexibility index (Phi) is 6.82. The van der Waals surface area contributed by atoms with Crippen molar-refractivity contribution >= 4 is 23.6 Å². The second kappa shape index (κ2) is 10.1. The molecule has 8 nitrogen and oxygen atoms in total. The van der Waals surface area contributed by atoms with Crippen LogP contribution in [0.4, 0.5) is 0 Å². The van der Waals surface area contributed by atoms with Crippen molar-refractivity contribution in [2.45, 2.75) is 13.2 Å². The highest BCUT2D eigenvalue weighted by Gasteiger charge is 2.20. The molecular weight excluding hydrogens is 466 g/mol. The Morgan fingerprint density at radius 3 is 2.50 bits per heavy atom. The lowest BCUT2D eigenvalue weighted by molar-refractivity contribution is 0.0974. The topological polar surface area (TPSA) is 64.2 Å². The Morgan fingerprint density at radius 1 is 1.03 bits per heavy atom. The fourth-order valence-electron chi connectivity index (χ4n) is 4.08. The van der Waals surface area contributed by atoms with E-state index < -0.39 is 0 Å². The van der Waals surface area contributed by atoms with Gasteiger partial charge in [0.05, 0.1) is 19.5 Å². The molecule has 0 bridgehead atoms. The third kappa shape index (κ3) is 4.95. The zero-order valence-corrected chi connectivity index (χ0v) is 20.9. The largest absolute Gasteiger partial charge is 0.497 e. The van der Waals surface area contributed by atoms with Crippen LogP contribution in [0.25, 0.3) is 22.0 Å². The molecule has 0 aliphatic carbocycles. The molecular formula is C24H27N7OS2. The van der Waals surface area contributed by atoms with Crippen molar-refractivity contribution in [3.05, 3.63) is 64.6 Å². The Bertz CT molecular complexity index is 1290. The number of aromatic nitrogens is 5. The third-order valence-electron chi connectivity index (χ3n) is 6.03. The first-order valence-corrected chi connectivity index (χ1v) is 12.5. The van der Waals surface area contributed by atoms with Crippen LogP contribution in [0.3, 0.4) is 0 Å². The van der Waals surface area contributed by atoms with Crippen LogP contribution >= 0.6 is 23.6 Å². The molecule has 0 unspecified atom stereocenters. The number of nitrogens with zero attached hydrogens (tertiary/aromatic N) is 7. The summed E-state index contributed by atoms with van der Waals surface area (Å²) >= 11 is 7.33. The minimum absolute atomic E-state index is 0.694. The maximum atomic E-state index is 5.64. The number of piperazine rings is 1. The molecule has 4 heterocycles. The zero-order valence-electron chi connectivity index (χ0n) is 19.3. The first kappa shape index (κ1) is 22.9. The highest BCUT2D eigenvalue weighted by atomic mass is 32.1. The van der Waals surface area contributed by atoms with Gasteiger partial charge in [-0.05, 0) is 48.6 Å². The van der Waals surface area contributed by atoms with Gasteiger partial charge in [0.1, 0.15) is 10.8 Å². The molecule has 5 rings (SSSR count). The first-order valence-electron chi connectivity index (χ1n) is 11.2. The minimum atomic E-state index is 0.694. The van der Waals surface area contributed by atoms with Crippen molar-refractivity contribution in [2.24, 2.45) is 7.05 Å². The van der Waals surface area contributed by atoms with Gasteiger partial charge in [-0.1, -0.05) is 0 Å². The standard InChI is InChI=1S/C24H27N7OS2/c1-28-22(19-4-3-9-25-14-19)27-31(24(28)33)17-30-12-10-29(11-13-30)15-20-16-34-23(26-20)18-5-7-21(32-2)8-6-18/h3-9,14,16H,10-13,15,17H2,1-2H3. The SMILES string of the molecule is COc1ccc(-c2nc(CN3CCN(Cn4nc(-c5cccnc5)n(C)c4=S)CC3)cs2)cc1. The summed E-state index contributed by atoms with van der Waals surface area (Å²) in [5.74, 6) is 1.70. The van der Waals surface area contributed by atoms with Gasteiger partial charge in [-0.15, -0.1) is 11.3 Å². The number of hydrogen-bond donors (Lipinski definition) is 0. The predicted octanol–water partition coefficient (Wildman–Crippen LogP) is 3.92. The highest BCUT2D eigenvalue weighted by molar-refractivity contribution is 7.71. The van der Waals surface area contributed by atoms with Crippen LogP contribution in [0, 0.1) is 4.77 Å². The van der Waals surface area contributed by atoms with Gasteiger partial charge in [0.15, 0.2) is 10.6 Å². The smallest absolute Gasteiger partial charge is 0.199 e. The van der Waals surface area contributed by atoms with E-state index in [4.69, 9.17) is 27.0 Å². The van der Waals surface area contributed by atoms with E-state index in [2.05, 4.69) is 32.3 Å². The van der Waals surface area contributed by atoms with Crippen molar-refractivity contribution in [2.75, 3.05) is 33.3 Å². The molecule has 0 N–H and O–H groups in total. The summed E-state index contributed by atoms with van der Waals surface area (Å²) in [7, 11) is 3.64. The molecule has 0 radical (unpaired) electrons. The van der Waals surface area contributed by atoms with Gasteiger partial charge in [-0.2, -0.15) is 5.10 Å². The second-order valence-electron chi connectivity index (χ2n) is 8.31. The quantitative estimate of drug-likeness (QED) is 0.362. The number of thiazole rings is 1. The molecule has 0 spiro atoms. The van der Waals surface area contributed by atoms with Crippen molar-refractivity contribution in [3.63, 3.8) is 0 Å². The van der Waals surface area contributed by atoms with Crippen LogP contribution in [0.2, 0.25) is 0 Å². The van der Waals surface area contributed by atoms with Gasteiger partial charge in [-0.25, -0.2) is 9.67 Å². The lowest BCUT2D eigenvalue weighted by atomic mass is 10.2. The van der Waals surface area contributed by atoms with Gasteiger partial charge < -0.3 is 9.30 Å². The molecule has 0 atom stereocenters. The summed E-state index contributed by atoms with van der Waals surface area (Å²) in [6.45, 7) is 5.48. The first-order chi connectivity index (χ1) is 16.6. The van der Waals surface area contributed by atoms with Crippen molar-refractivity contribution in [1.82, 2.24) is 34.1 Å². The van der Waals surface area contributed by atoms with E-state index in [0.29, 0.717) is 6.67 Å². The third-order valence-corrected chi connectivity index (χ3v) is 7.46. The van der Waals surface area contributed by atoms with E-state index in [0.717, 1.165) is 70.9 Å². The van der Waals surface area contributed by atoms with E-state index >= 15 is 0 Å². The average molecular weight is 494 g/mol. The van der Waals surface area contributed by atoms with Crippen LogP contribution in [-0.2, 0) is 20.3 Å². The Labute approximate surface area is 208 Å². The Morgan fingerprint density at radius 2 is 1.79 bits per heavy atom. The number of benzene rings is 1. The van der Waals surface area contributed by atoms with E-state index in [1.54, 1.807) is 24.6 Å². The molecule has 176 valence electrons. The van der Waals surface area contributed by atoms with Crippen LogP contribution < -0.4 is 4.74 Å². The van der Waals surface area contributed by atoms with E-state index in [1.165, 1.54) is 0 Å². The second-order valence-corrected chi connectivity index (χ2v) is 9.54. The van der Waals surface area contributed by atoms with E-state index in [-0.39, 0.29) is 0 Å². The van der Waals surface area contributed by atoms with E-state index in [9.17, 15) is 0 Å². The number of ether oxygens (including phenoxy) is 1. The summed E-state index contributed by atoms with van der Waals surface area (Å²) < 4.78 is 9.83. The molecule has 4 aromatic rings. The molecule has 3 aromatic heterocycles. The van der Waals surface area contributed by atoms with Crippen LogP contribution in [0.1, 0.15) is 5.69 Å². The summed E-state index contributed by atoms with van der Waals surface area (Å²) in [5, 5.41) is 7.98. The van der Waals surface area contributed by atoms with Gasteiger partial charge in [0.2, 0.25) is 0 Å². The summed E-state index contributed by atoms with van der Waals surface area (Å²) in [6.07, 6.45) is 3.58. The number of methoxy groups -OCH3 is 1. The van der Waals surface area contributed by atoms with Crippen molar-refractivity contribution in [3.8, 4) is 27.7 Å². The van der Waals surface area contributed by atoms with Crippen molar-refractivity contribution in [1.29, 1.82) is 0 Å². The summed E-state index contributed by atoms with van der Waals surface area (Å²) in [4.78, 5) is 13.9. The summed E-state index contributed by atoms with van der Waals surface area (Å²) in [6, 6.07) is 12.0. The van der Waals surface area contributed by atoms with Crippen LogP contribution in [0.5, 0.6) is 5.75 Å². The maximum Gasteiger partial charge on any atom is 0.199 e. The van der Waals surface area contributed by atoms with E-state index in [1.807, 2.05) is 46.8 Å². The lowest BCUT2D eigenvalue weighted by Gasteiger charge is -2.34. The molecule has 1 aromatic carbocycles. The molecule has 0 amide bonds. The molecule has 34 heavy (non-hydrogen) atoms. The van der Waals surface area contributed by atoms with Gasteiger partial charge >= 0.3 is 0 Å². The Hall–Kier alpha value is -2.92. The molecule has 1 aliphatic rings. The Balaban J connectivity index is 1.17. The van der Waals surface area contributed by atoms with Gasteiger partial charge in [0.25, 0.3) is 0 Å². The minimum Gasteiger partial charge on any atom is -0.497 e. The van der Waals surface area contributed by atoms with Gasteiger partial charge in [0, 0.05) is 68.7 Å².